The van der Waals surface area contributed by atoms with Gasteiger partial charge in [-0.15, -0.1) is 0 Å². The van der Waals surface area contributed by atoms with Crippen LogP contribution in [0.2, 0.25) is 0 Å². The van der Waals surface area contributed by atoms with Crippen molar-refractivity contribution in [1.29, 1.82) is 0 Å². The lowest BCUT2D eigenvalue weighted by Gasteiger charge is -2.32. The van der Waals surface area contributed by atoms with Gasteiger partial charge in [-0.25, -0.2) is 0 Å². The number of nitrogens with zero attached hydrogens (tertiary/aromatic N) is 1. The standard InChI is InChI=1S/C41H30N2O2/c1-41(2)31-24-32(43(26-13-5-3-6-14-26)27-15-7-4-8-16-27)36-29-17-9-12-20-34(29)45-40(36)28(31)22-21-25-23-35-37(39(42)38(25)41)30-18-10-11-19-33(30)44-35/h3-24H,42H2,1-2H3. The Labute approximate surface area is 260 Å². The highest BCUT2D eigenvalue weighted by Gasteiger charge is 2.36. The van der Waals surface area contributed by atoms with Crippen LogP contribution < -0.4 is 10.6 Å². The molecule has 2 N–H and O–H groups in total. The number of benzene rings is 6. The summed E-state index contributed by atoms with van der Waals surface area (Å²) in [4.78, 5) is 2.34. The highest BCUT2D eigenvalue weighted by molar-refractivity contribution is 6.17. The Hall–Kier alpha value is -5.74. The van der Waals surface area contributed by atoms with Gasteiger partial charge in [-0.05, 0) is 65.2 Å². The van der Waals surface area contributed by atoms with Crippen molar-refractivity contribution >= 4 is 78.8 Å². The van der Waals surface area contributed by atoms with E-state index in [9.17, 15) is 0 Å². The molecule has 216 valence electrons. The van der Waals surface area contributed by atoms with Gasteiger partial charge in [0.15, 0.2) is 0 Å². The van der Waals surface area contributed by atoms with Gasteiger partial charge in [-0.3, -0.25) is 0 Å². The molecule has 9 rings (SSSR count). The Morgan fingerprint density at radius 2 is 1.18 bits per heavy atom. The molecular formula is C41H30N2O2. The van der Waals surface area contributed by atoms with E-state index < -0.39 is 5.41 Å². The molecule has 0 unspecified atom stereocenters. The second-order valence-corrected chi connectivity index (χ2v) is 12.3. The fourth-order valence-electron chi connectivity index (χ4n) is 7.41. The van der Waals surface area contributed by atoms with Crippen LogP contribution in [0.5, 0.6) is 0 Å². The number of fused-ring (bicyclic) bond motifs is 9. The number of hydrogen-bond donors (Lipinski definition) is 1. The van der Waals surface area contributed by atoms with Crippen LogP contribution in [0.25, 0.3) is 56.0 Å². The van der Waals surface area contributed by atoms with Crippen molar-refractivity contribution in [3.8, 4) is 0 Å². The first kappa shape index (κ1) is 25.7. The van der Waals surface area contributed by atoms with Crippen LogP contribution in [0.3, 0.4) is 0 Å². The van der Waals surface area contributed by atoms with Crippen LogP contribution in [0, 0.1) is 0 Å². The van der Waals surface area contributed by atoms with Gasteiger partial charge < -0.3 is 19.5 Å². The van der Waals surface area contributed by atoms with Crippen molar-refractivity contribution in [2.24, 2.45) is 0 Å². The Morgan fingerprint density at radius 1 is 0.600 bits per heavy atom. The SMILES string of the molecule is CC1(C)c2cc(N(c3ccccc3)c3ccccc3)c3c(oc4ccccc43)c2C=Cc2cc3oc4ccccc4c3c(N)c21. The number of furan rings is 2. The predicted octanol–water partition coefficient (Wildman–Crippen LogP) is 11.3. The molecule has 0 spiro atoms. The third-order valence-corrected chi connectivity index (χ3v) is 9.40. The van der Waals surface area contributed by atoms with Gasteiger partial charge in [0.1, 0.15) is 22.3 Å². The molecule has 0 bridgehead atoms. The van der Waals surface area contributed by atoms with E-state index in [4.69, 9.17) is 14.6 Å². The molecule has 6 aromatic carbocycles. The summed E-state index contributed by atoms with van der Waals surface area (Å²) in [5.74, 6) is 0. The largest absolute Gasteiger partial charge is 0.456 e. The quantitative estimate of drug-likeness (QED) is 0.211. The van der Waals surface area contributed by atoms with Gasteiger partial charge in [0.25, 0.3) is 0 Å². The molecule has 0 amide bonds. The molecule has 4 heteroatoms. The lowest BCUT2D eigenvalue weighted by atomic mass is 9.73. The molecule has 0 aliphatic heterocycles. The number of hydrogen-bond acceptors (Lipinski definition) is 4. The maximum atomic E-state index is 7.18. The van der Waals surface area contributed by atoms with Crippen molar-refractivity contribution in [3.05, 3.63) is 144 Å². The van der Waals surface area contributed by atoms with Gasteiger partial charge >= 0.3 is 0 Å². The van der Waals surface area contributed by atoms with Gasteiger partial charge in [-0.1, -0.05) is 98.8 Å². The molecule has 0 saturated heterocycles. The predicted molar refractivity (Wildman–Crippen MR) is 188 cm³/mol. The summed E-state index contributed by atoms with van der Waals surface area (Å²) in [5, 5.41) is 4.16. The number of para-hydroxylation sites is 4. The van der Waals surface area contributed by atoms with Gasteiger partial charge in [0, 0.05) is 38.8 Å². The maximum absolute atomic E-state index is 7.18. The molecule has 8 aromatic rings. The first-order chi connectivity index (χ1) is 22.0. The van der Waals surface area contributed by atoms with Crippen molar-refractivity contribution in [1.82, 2.24) is 0 Å². The van der Waals surface area contributed by atoms with Gasteiger partial charge in [0.2, 0.25) is 0 Å². The molecule has 0 atom stereocenters. The third-order valence-electron chi connectivity index (χ3n) is 9.40. The highest BCUT2D eigenvalue weighted by atomic mass is 16.3. The Bertz CT molecular complexity index is 2430. The van der Waals surface area contributed by atoms with E-state index in [1.165, 1.54) is 0 Å². The summed E-state index contributed by atoms with van der Waals surface area (Å²) >= 11 is 0. The smallest absolute Gasteiger partial charge is 0.145 e. The van der Waals surface area contributed by atoms with E-state index in [2.05, 4.69) is 128 Å². The van der Waals surface area contributed by atoms with Crippen LogP contribution in [0.15, 0.2) is 130 Å². The molecule has 1 aliphatic carbocycles. The number of rotatable bonds is 3. The maximum Gasteiger partial charge on any atom is 0.145 e. The van der Waals surface area contributed by atoms with E-state index in [0.29, 0.717) is 0 Å². The second-order valence-electron chi connectivity index (χ2n) is 12.3. The van der Waals surface area contributed by atoms with E-state index in [-0.39, 0.29) is 0 Å². The van der Waals surface area contributed by atoms with Crippen LogP contribution in [0.4, 0.5) is 22.7 Å². The lowest BCUT2D eigenvalue weighted by Crippen LogP contribution is -2.23. The Morgan fingerprint density at radius 3 is 1.84 bits per heavy atom. The Kier molecular flexibility index (Phi) is 5.36. The summed E-state index contributed by atoms with van der Waals surface area (Å²) in [6.07, 6.45) is 4.37. The zero-order valence-electron chi connectivity index (χ0n) is 25.0. The fourth-order valence-corrected chi connectivity index (χ4v) is 7.41. The lowest BCUT2D eigenvalue weighted by molar-refractivity contribution is 0.632. The minimum Gasteiger partial charge on any atom is -0.456 e. The van der Waals surface area contributed by atoms with Crippen LogP contribution >= 0.6 is 0 Å². The summed E-state index contributed by atoms with van der Waals surface area (Å²) < 4.78 is 13.1. The Balaban J connectivity index is 1.41. The number of nitrogens with two attached hydrogens (primary N) is 1. The van der Waals surface area contributed by atoms with Crippen LogP contribution in [-0.2, 0) is 5.41 Å². The number of nitrogen functional groups attached to an aromatic ring is 1. The first-order valence-corrected chi connectivity index (χ1v) is 15.3. The molecule has 1 aliphatic rings. The fraction of sp³-hybridized carbons (Fsp3) is 0.0732. The molecule has 0 fully saturated rings. The average Bonchev–Trinajstić information content (AvgIpc) is 3.61. The van der Waals surface area contributed by atoms with Crippen molar-refractivity contribution in [3.63, 3.8) is 0 Å². The van der Waals surface area contributed by atoms with E-state index in [1.807, 2.05) is 24.3 Å². The molecule has 45 heavy (non-hydrogen) atoms. The third kappa shape index (κ3) is 3.66. The van der Waals surface area contributed by atoms with E-state index in [0.717, 1.165) is 88.9 Å². The van der Waals surface area contributed by atoms with Crippen molar-refractivity contribution in [2.45, 2.75) is 19.3 Å². The zero-order chi connectivity index (χ0) is 30.3. The molecular weight excluding hydrogens is 552 g/mol. The summed E-state index contributed by atoms with van der Waals surface area (Å²) in [7, 11) is 0. The van der Waals surface area contributed by atoms with Crippen molar-refractivity contribution < 1.29 is 8.83 Å². The average molecular weight is 583 g/mol. The summed E-state index contributed by atoms with van der Waals surface area (Å²) in [6, 6.07) is 42.0. The molecule has 2 heterocycles. The van der Waals surface area contributed by atoms with Crippen LogP contribution in [-0.4, -0.2) is 0 Å². The first-order valence-electron chi connectivity index (χ1n) is 15.3. The monoisotopic (exact) mass is 582 g/mol. The van der Waals surface area contributed by atoms with Gasteiger partial charge in [-0.2, -0.15) is 0 Å². The van der Waals surface area contributed by atoms with Crippen molar-refractivity contribution in [2.75, 3.05) is 10.6 Å². The number of anilines is 4. The van der Waals surface area contributed by atoms with E-state index >= 15 is 0 Å². The molecule has 2 aromatic heterocycles. The minimum absolute atomic E-state index is 0.480. The minimum atomic E-state index is -0.480. The zero-order valence-corrected chi connectivity index (χ0v) is 25.0. The highest BCUT2D eigenvalue weighted by Crippen LogP contribution is 2.52. The topological polar surface area (TPSA) is 55.5 Å². The summed E-state index contributed by atoms with van der Waals surface area (Å²) in [6.45, 7) is 4.55. The van der Waals surface area contributed by atoms with Crippen LogP contribution in [0.1, 0.15) is 36.1 Å². The van der Waals surface area contributed by atoms with Gasteiger partial charge in [0.05, 0.1) is 16.5 Å². The molecule has 4 nitrogen and oxygen atoms in total. The second kappa shape index (κ2) is 9.38. The molecule has 0 radical (unpaired) electrons. The van der Waals surface area contributed by atoms with E-state index in [1.54, 1.807) is 0 Å². The normalized spacial score (nSPS) is 13.7. The summed E-state index contributed by atoms with van der Waals surface area (Å²) in [5.41, 5.74) is 18.4. The molecule has 0 saturated carbocycles.